The van der Waals surface area contributed by atoms with Crippen LogP contribution in [0.2, 0.25) is 5.02 Å². The van der Waals surface area contributed by atoms with Crippen molar-refractivity contribution in [2.45, 2.75) is 38.9 Å². The molecule has 0 radical (unpaired) electrons. The predicted octanol–water partition coefficient (Wildman–Crippen LogP) is 4.93. The van der Waals surface area contributed by atoms with Gasteiger partial charge >= 0.3 is 6.18 Å². The highest BCUT2D eigenvalue weighted by Crippen LogP contribution is 2.34. The van der Waals surface area contributed by atoms with Crippen LogP contribution in [-0.2, 0) is 11.0 Å². The number of nitrogens with zero attached hydrogens (tertiary/aromatic N) is 5. The van der Waals surface area contributed by atoms with Gasteiger partial charge in [-0.15, -0.1) is 0 Å². The van der Waals surface area contributed by atoms with E-state index in [1.54, 1.807) is 17.3 Å². The molecule has 0 aliphatic carbocycles. The van der Waals surface area contributed by atoms with Crippen molar-refractivity contribution in [3.8, 4) is 0 Å². The van der Waals surface area contributed by atoms with Crippen molar-refractivity contribution in [3.63, 3.8) is 0 Å². The van der Waals surface area contributed by atoms with Gasteiger partial charge in [-0.3, -0.25) is 4.79 Å². The Morgan fingerprint density at radius 2 is 1.88 bits per heavy atom. The molecular formula is C21H22ClF3N6O. The van der Waals surface area contributed by atoms with E-state index in [1.807, 2.05) is 24.6 Å². The van der Waals surface area contributed by atoms with Crippen molar-refractivity contribution >= 4 is 40.0 Å². The summed E-state index contributed by atoms with van der Waals surface area (Å²) in [7, 11) is 0. The molecule has 32 heavy (non-hydrogen) atoms. The maximum atomic E-state index is 12.8. The second-order valence-electron chi connectivity index (χ2n) is 8.10. The number of aromatic nitrogens is 4. The first-order chi connectivity index (χ1) is 15.1. The van der Waals surface area contributed by atoms with Gasteiger partial charge in [-0.2, -0.15) is 18.3 Å². The third-order valence-electron chi connectivity index (χ3n) is 5.50. The molecule has 0 aromatic carbocycles. The molecule has 0 bridgehead atoms. The van der Waals surface area contributed by atoms with E-state index in [9.17, 15) is 18.0 Å². The van der Waals surface area contributed by atoms with Crippen molar-refractivity contribution in [1.82, 2.24) is 19.7 Å². The second kappa shape index (κ2) is 8.57. The molecule has 0 spiro atoms. The molecule has 170 valence electrons. The van der Waals surface area contributed by atoms with Crippen LogP contribution in [-0.4, -0.2) is 38.7 Å². The lowest BCUT2D eigenvalue weighted by Crippen LogP contribution is -2.38. The maximum Gasteiger partial charge on any atom is 0.417 e. The van der Waals surface area contributed by atoms with Crippen LogP contribution < -0.4 is 10.2 Å². The SMILES string of the molecule is CC(C)n1ncc2cc(NC(=O)C3CCN(c4ncc(C(F)(F)F)cc4Cl)CC3)cnc21. The maximum absolute atomic E-state index is 12.8. The molecule has 3 aromatic heterocycles. The van der Waals surface area contributed by atoms with Gasteiger partial charge in [-0.05, 0) is 38.8 Å². The topological polar surface area (TPSA) is 75.9 Å². The summed E-state index contributed by atoms with van der Waals surface area (Å²) in [6.45, 7) is 4.97. The van der Waals surface area contributed by atoms with E-state index in [1.165, 1.54) is 0 Å². The monoisotopic (exact) mass is 466 g/mol. The smallest absolute Gasteiger partial charge is 0.355 e. The Bertz CT molecular complexity index is 1140. The van der Waals surface area contributed by atoms with Crippen LogP contribution in [0.15, 0.2) is 30.7 Å². The van der Waals surface area contributed by atoms with Gasteiger partial charge in [0.15, 0.2) is 5.65 Å². The molecule has 3 aromatic rings. The van der Waals surface area contributed by atoms with Gasteiger partial charge in [0, 0.05) is 36.6 Å². The van der Waals surface area contributed by atoms with Gasteiger partial charge in [-0.1, -0.05) is 11.6 Å². The number of piperidine rings is 1. The Labute approximate surface area is 187 Å². The van der Waals surface area contributed by atoms with Crippen molar-refractivity contribution in [3.05, 3.63) is 41.3 Å². The van der Waals surface area contributed by atoms with Crippen LogP contribution in [0, 0.1) is 5.92 Å². The molecule has 1 saturated heterocycles. The van der Waals surface area contributed by atoms with E-state index in [0.717, 1.165) is 23.3 Å². The van der Waals surface area contributed by atoms with E-state index in [0.29, 0.717) is 37.4 Å². The van der Waals surface area contributed by atoms with Crippen LogP contribution in [0.5, 0.6) is 0 Å². The van der Waals surface area contributed by atoms with Crippen molar-refractivity contribution in [2.75, 3.05) is 23.3 Å². The molecule has 1 aliphatic rings. The average molecular weight is 467 g/mol. The molecule has 7 nitrogen and oxygen atoms in total. The molecule has 11 heteroatoms. The zero-order chi connectivity index (χ0) is 23.0. The first kappa shape index (κ1) is 22.3. The summed E-state index contributed by atoms with van der Waals surface area (Å²) in [6.07, 6.45) is 0.687. The summed E-state index contributed by atoms with van der Waals surface area (Å²) in [4.78, 5) is 22.9. The van der Waals surface area contributed by atoms with Gasteiger partial charge in [-0.25, -0.2) is 14.6 Å². The van der Waals surface area contributed by atoms with E-state index >= 15 is 0 Å². The summed E-state index contributed by atoms with van der Waals surface area (Å²) in [5, 5.41) is 8.02. The van der Waals surface area contributed by atoms with E-state index in [-0.39, 0.29) is 22.9 Å². The quantitative estimate of drug-likeness (QED) is 0.589. The number of carbonyl (C=O) groups excluding carboxylic acids is 1. The first-order valence-corrected chi connectivity index (χ1v) is 10.6. The third-order valence-corrected chi connectivity index (χ3v) is 5.78. The number of carbonyl (C=O) groups is 1. The molecule has 1 aliphatic heterocycles. The molecule has 1 fully saturated rings. The van der Waals surface area contributed by atoms with Crippen LogP contribution in [0.1, 0.15) is 38.3 Å². The third kappa shape index (κ3) is 4.50. The Hall–Kier alpha value is -2.88. The van der Waals surface area contributed by atoms with Gasteiger partial charge < -0.3 is 10.2 Å². The minimum absolute atomic E-state index is 0.0518. The predicted molar refractivity (Wildman–Crippen MR) is 116 cm³/mol. The number of fused-ring (bicyclic) bond motifs is 1. The highest BCUT2D eigenvalue weighted by molar-refractivity contribution is 6.33. The normalized spacial score (nSPS) is 15.5. The molecule has 0 atom stereocenters. The summed E-state index contributed by atoms with van der Waals surface area (Å²) >= 11 is 6.05. The first-order valence-electron chi connectivity index (χ1n) is 10.3. The fourth-order valence-electron chi connectivity index (χ4n) is 3.80. The molecule has 1 amide bonds. The number of amides is 1. The lowest BCUT2D eigenvalue weighted by Gasteiger charge is -2.32. The molecular weight excluding hydrogens is 445 g/mol. The number of anilines is 2. The summed E-state index contributed by atoms with van der Waals surface area (Å²) in [6, 6.07) is 2.90. The fraction of sp³-hybridized carbons (Fsp3) is 0.429. The number of halogens is 4. The highest BCUT2D eigenvalue weighted by atomic mass is 35.5. The van der Waals surface area contributed by atoms with E-state index in [4.69, 9.17) is 11.6 Å². The lowest BCUT2D eigenvalue weighted by atomic mass is 9.95. The number of alkyl halides is 3. The standard InChI is InChI=1S/C21H22ClF3N6O/c1-12(2)31-18-14(9-28-31)7-16(11-27-18)29-20(32)13-3-5-30(6-4-13)19-17(22)8-15(10-26-19)21(23,24)25/h7-13H,3-6H2,1-2H3,(H,29,32). The minimum Gasteiger partial charge on any atom is -0.355 e. The Balaban J connectivity index is 1.38. The van der Waals surface area contributed by atoms with Gasteiger partial charge in [0.1, 0.15) is 5.82 Å². The molecule has 0 saturated carbocycles. The molecule has 1 N–H and O–H groups in total. The van der Waals surface area contributed by atoms with Crippen LogP contribution in [0.4, 0.5) is 24.7 Å². The molecule has 4 rings (SSSR count). The molecule has 4 heterocycles. The number of hydrogen-bond donors (Lipinski definition) is 1. The fourth-order valence-corrected chi connectivity index (χ4v) is 4.09. The number of pyridine rings is 2. The summed E-state index contributed by atoms with van der Waals surface area (Å²) in [5.74, 6) is -0.0441. The zero-order valence-electron chi connectivity index (χ0n) is 17.5. The lowest BCUT2D eigenvalue weighted by molar-refractivity contribution is -0.137. The Morgan fingerprint density at radius 1 is 1.16 bits per heavy atom. The molecule has 0 unspecified atom stereocenters. The number of nitrogens with one attached hydrogen (secondary N) is 1. The summed E-state index contributed by atoms with van der Waals surface area (Å²) in [5.41, 5.74) is 0.470. The number of rotatable bonds is 4. The zero-order valence-corrected chi connectivity index (χ0v) is 18.3. The average Bonchev–Trinajstić information content (AvgIpc) is 3.17. The largest absolute Gasteiger partial charge is 0.417 e. The van der Waals surface area contributed by atoms with Crippen LogP contribution in [0.25, 0.3) is 11.0 Å². The van der Waals surface area contributed by atoms with Crippen LogP contribution >= 0.6 is 11.6 Å². The van der Waals surface area contributed by atoms with Crippen molar-refractivity contribution < 1.29 is 18.0 Å². The van der Waals surface area contributed by atoms with Gasteiger partial charge in [0.2, 0.25) is 5.91 Å². The second-order valence-corrected chi connectivity index (χ2v) is 8.50. The van der Waals surface area contributed by atoms with Gasteiger partial charge in [0.25, 0.3) is 0 Å². The minimum atomic E-state index is -4.49. The number of hydrogen-bond acceptors (Lipinski definition) is 5. The van der Waals surface area contributed by atoms with E-state index in [2.05, 4.69) is 20.4 Å². The van der Waals surface area contributed by atoms with E-state index < -0.39 is 11.7 Å². The summed E-state index contributed by atoms with van der Waals surface area (Å²) < 4.78 is 40.3. The Morgan fingerprint density at radius 3 is 2.50 bits per heavy atom. The van der Waals surface area contributed by atoms with Crippen LogP contribution in [0.3, 0.4) is 0 Å². The van der Waals surface area contributed by atoms with Crippen molar-refractivity contribution in [2.24, 2.45) is 5.92 Å². The highest BCUT2D eigenvalue weighted by Gasteiger charge is 2.33. The van der Waals surface area contributed by atoms with Gasteiger partial charge in [0.05, 0.1) is 28.7 Å². The van der Waals surface area contributed by atoms with Crippen molar-refractivity contribution in [1.29, 1.82) is 0 Å². The Kier molecular flexibility index (Phi) is 5.98.